The van der Waals surface area contributed by atoms with Gasteiger partial charge in [0, 0.05) is 18.9 Å². The molecule has 0 fully saturated rings. The molecule has 0 spiro atoms. The number of pyridine rings is 1. The Morgan fingerprint density at radius 2 is 2.10 bits per heavy atom. The number of hydrogen-bond donors (Lipinski definition) is 2. The molecule has 2 aromatic rings. The van der Waals surface area contributed by atoms with Gasteiger partial charge in [0.15, 0.2) is 0 Å². The number of aliphatic hydroxyl groups excluding tert-OH is 1. The Bertz CT molecular complexity index is 585. The van der Waals surface area contributed by atoms with Crippen molar-refractivity contribution in [2.75, 3.05) is 17.3 Å². The van der Waals surface area contributed by atoms with Crippen LogP contribution in [0.4, 0.5) is 16.3 Å². The highest BCUT2D eigenvalue weighted by Gasteiger charge is 2.12. The van der Waals surface area contributed by atoms with E-state index in [1.807, 2.05) is 12.1 Å². The fraction of sp³-hybridized carbons (Fsp3) is 0.200. The molecule has 1 aromatic heterocycles. The zero-order valence-corrected chi connectivity index (χ0v) is 11.4. The third-order valence-corrected chi connectivity index (χ3v) is 2.92. The summed E-state index contributed by atoms with van der Waals surface area (Å²) in [5, 5.41) is 12.3. The average Bonchev–Trinajstić information content (AvgIpc) is 2.47. The summed E-state index contributed by atoms with van der Waals surface area (Å²) in [6, 6.07) is 12.2. The Morgan fingerprint density at radius 3 is 2.75 bits per heavy atom. The van der Waals surface area contributed by atoms with Crippen LogP contribution in [0.15, 0.2) is 48.7 Å². The second-order valence-corrected chi connectivity index (χ2v) is 4.48. The molecule has 0 aliphatic rings. The zero-order chi connectivity index (χ0) is 14.5. The van der Waals surface area contributed by atoms with Crippen molar-refractivity contribution in [3.8, 4) is 0 Å². The van der Waals surface area contributed by atoms with Crippen LogP contribution in [0.25, 0.3) is 0 Å². The highest BCUT2D eigenvalue weighted by Crippen LogP contribution is 2.18. The third-order valence-electron chi connectivity index (χ3n) is 2.92. The monoisotopic (exact) mass is 271 g/mol. The van der Waals surface area contributed by atoms with E-state index in [-0.39, 0.29) is 6.03 Å². The molecule has 1 aromatic carbocycles. The summed E-state index contributed by atoms with van der Waals surface area (Å²) in [7, 11) is 1.65. The van der Waals surface area contributed by atoms with Crippen LogP contribution in [-0.2, 0) is 0 Å². The van der Waals surface area contributed by atoms with Crippen LogP contribution in [-0.4, -0.2) is 23.2 Å². The summed E-state index contributed by atoms with van der Waals surface area (Å²) in [5.41, 5.74) is 1.39. The fourth-order valence-corrected chi connectivity index (χ4v) is 1.74. The van der Waals surface area contributed by atoms with E-state index in [1.54, 1.807) is 50.5 Å². The first-order chi connectivity index (χ1) is 9.58. The van der Waals surface area contributed by atoms with E-state index < -0.39 is 6.10 Å². The highest BCUT2D eigenvalue weighted by atomic mass is 16.3. The van der Waals surface area contributed by atoms with Crippen LogP contribution >= 0.6 is 0 Å². The van der Waals surface area contributed by atoms with Crippen molar-refractivity contribution in [1.29, 1.82) is 0 Å². The first-order valence-corrected chi connectivity index (χ1v) is 6.31. The normalized spacial score (nSPS) is 11.8. The number of anilines is 2. The molecule has 2 amide bonds. The van der Waals surface area contributed by atoms with Crippen molar-refractivity contribution in [2.24, 2.45) is 0 Å². The minimum atomic E-state index is -0.569. The van der Waals surface area contributed by atoms with Gasteiger partial charge in [-0.3, -0.25) is 4.90 Å². The van der Waals surface area contributed by atoms with Crippen LogP contribution in [0.3, 0.4) is 0 Å². The fourth-order valence-electron chi connectivity index (χ4n) is 1.74. The molecule has 5 heteroatoms. The first kappa shape index (κ1) is 14.0. The highest BCUT2D eigenvalue weighted by molar-refractivity contribution is 6.00. The maximum absolute atomic E-state index is 12.1. The number of hydrogen-bond acceptors (Lipinski definition) is 3. The number of carbonyl (C=O) groups is 1. The van der Waals surface area contributed by atoms with Crippen molar-refractivity contribution in [3.05, 3.63) is 54.2 Å². The molecule has 1 heterocycles. The molecule has 0 saturated heterocycles. The second kappa shape index (κ2) is 6.16. The molecule has 2 N–H and O–H groups in total. The summed E-state index contributed by atoms with van der Waals surface area (Å²) in [6.07, 6.45) is 1.06. The van der Waals surface area contributed by atoms with Gasteiger partial charge in [0.1, 0.15) is 5.82 Å². The predicted octanol–water partition coefficient (Wildman–Crippen LogP) is 2.80. The zero-order valence-electron chi connectivity index (χ0n) is 11.4. The molecular formula is C15H17N3O2. The van der Waals surface area contributed by atoms with E-state index in [9.17, 15) is 9.90 Å². The molecule has 0 radical (unpaired) electrons. The predicted molar refractivity (Wildman–Crippen MR) is 78.7 cm³/mol. The molecule has 5 nitrogen and oxygen atoms in total. The largest absolute Gasteiger partial charge is 0.389 e. The quantitative estimate of drug-likeness (QED) is 0.902. The Morgan fingerprint density at radius 1 is 1.30 bits per heavy atom. The number of nitrogens with zero attached hydrogens (tertiary/aromatic N) is 2. The number of amides is 2. The summed E-state index contributed by atoms with van der Waals surface area (Å²) in [5.74, 6) is 0.566. The lowest BCUT2D eigenvalue weighted by Crippen LogP contribution is -2.31. The Hall–Kier alpha value is -2.40. The molecule has 2 rings (SSSR count). The molecule has 0 aliphatic carbocycles. The average molecular weight is 271 g/mol. The van der Waals surface area contributed by atoms with Crippen molar-refractivity contribution >= 4 is 17.5 Å². The smallest absolute Gasteiger partial charge is 0.327 e. The van der Waals surface area contributed by atoms with Crippen molar-refractivity contribution in [3.63, 3.8) is 0 Å². The molecule has 1 unspecified atom stereocenters. The lowest BCUT2D eigenvalue weighted by molar-refractivity contribution is 0.199. The molecular weight excluding hydrogens is 254 g/mol. The van der Waals surface area contributed by atoms with Crippen LogP contribution < -0.4 is 10.2 Å². The van der Waals surface area contributed by atoms with Gasteiger partial charge in [-0.05, 0) is 36.8 Å². The molecule has 0 bridgehead atoms. The second-order valence-electron chi connectivity index (χ2n) is 4.48. The Kier molecular flexibility index (Phi) is 4.32. The van der Waals surface area contributed by atoms with Crippen LogP contribution in [0.2, 0.25) is 0 Å². The molecule has 0 saturated carbocycles. The van der Waals surface area contributed by atoms with Crippen LogP contribution in [0.1, 0.15) is 18.6 Å². The van der Waals surface area contributed by atoms with Crippen molar-refractivity contribution in [2.45, 2.75) is 13.0 Å². The Labute approximate surface area is 117 Å². The first-order valence-electron chi connectivity index (χ1n) is 6.31. The van der Waals surface area contributed by atoms with Gasteiger partial charge in [-0.15, -0.1) is 0 Å². The number of benzene rings is 1. The van der Waals surface area contributed by atoms with Gasteiger partial charge in [0.25, 0.3) is 0 Å². The maximum Gasteiger partial charge on any atom is 0.327 e. The summed E-state index contributed by atoms with van der Waals surface area (Å²) in [4.78, 5) is 17.6. The van der Waals surface area contributed by atoms with Gasteiger partial charge in [-0.25, -0.2) is 9.78 Å². The van der Waals surface area contributed by atoms with Gasteiger partial charge in [0.2, 0.25) is 0 Å². The Balaban J connectivity index is 2.10. The van der Waals surface area contributed by atoms with Crippen LogP contribution in [0, 0.1) is 0 Å². The summed E-state index contributed by atoms with van der Waals surface area (Å²) < 4.78 is 0. The lowest BCUT2D eigenvalue weighted by Gasteiger charge is -2.17. The summed E-state index contributed by atoms with van der Waals surface area (Å²) in [6.45, 7) is 1.68. The topological polar surface area (TPSA) is 65.5 Å². The van der Waals surface area contributed by atoms with E-state index in [0.717, 1.165) is 5.56 Å². The van der Waals surface area contributed by atoms with Gasteiger partial charge in [0.05, 0.1) is 6.10 Å². The maximum atomic E-state index is 12.1. The van der Waals surface area contributed by atoms with E-state index in [4.69, 9.17) is 0 Å². The van der Waals surface area contributed by atoms with Crippen molar-refractivity contribution < 1.29 is 9.90 Å². The van der Waals surface area contributed by atoms with Crippen LogP contribution in [0.5, 0.6) is 0 Å². The van der Waals surface area contributed by atoms with Gasteiger partial charge < -0.3 is 10.4 Å². The number of aliphatic hydroxyl groups is 1. The van der Waals surface area contributed by atoms with E-state index in [0.29, 0.717) is 11.5 Å². The number of carbonyl (C=O) groups excluding carboxylic acids is 1. The number of nitrogens with one attached hydrogen (secondary N) is 1. The van der Waals surface area contributed by atoms with E-state index in [2.05, 4.69) is 10.3 Å². The molecule has 20 heavy (non-hydrogen) atoms. The lowest BCUT2D eigenvalue weighted by atomic mass is 10.1. The van der Waals surface area contributed by atoms with Gasteiger partial charge in [-0.2, -0.15) is 0 Å². The minimum Gasteiger partial charge on any atom is -0.389 e. The number of urea groups is 1. The number of aromatic nitrogens is 1. The SMILES string of the molecule is CC(O)c1cccc(NC(=O)N(C)c2ccccn2)c1. The van der Waals surface area contributed by atoms with Gasteiger partial charge in [-0.1, -0.05) is 18.2 Å². The van der Waals surface area contributed by atoms with E-state index in [1.165, 1.54) is 4.90 Å². The molecule has 0 aliphatic heterocycles. The third kappa shape index (κ3) is 3.33. The minimum absolute atomic E-state index is 0.286. The summed E-state index contributed by atoms with van der Waals surface area (Å²) >= 11 is 0. The number of rotatable bonds is 3. The van der Waals surface area contributed by atoms with Gasteiger partial charge >= 0.3 is 6.03 Å². The molecule has 1 atom stereocenters. The molecule has 104 valence electrons. The standard InChI is InChI=1S/C15H17N3O2/c1-11(19)12-6-5-7-13(10-12)17-15(20)18(2)14-8-3-4-9-16-14/h3-11,19H,1-2H3,(H,17,20). The van der Waals surface area contributed by atoms with E-state index >= 15 is 0 Å². The van der Waals surface area contributed by atoms with Crippen molar-refractivity contribution in [1.82, 2.24) is 4.98 Å².